The van der Waals surface area contributed by atoms with Crippen molar-refractivity contribution in [3.63, 3.8) is 0 Å². The van der Waals surface area contributed by atoms with Gasteiger partial charge in [-0.05, 0) is 55.6 Å². The van der Waals surface area contributed by atoms with Crippen LogP contribution < -0.4 is 10.1 Å². The van der Waals surface area contributed by atoms with Crippen molar-refractivity contribution in [3.05, 3.63) is 41.6 Å². The molecule has 2 aliphatic rings. The maximum Gasteiger partial charge on any atom is 0.246 e. The first kappa shape index (κ1) is 25.8. The number of nitrogens with one attached hydrogen (secondary N) is 1. The fourth-order valence-electron chi connectivity index (χ4n) is 4.50. The lowest BCUT2D eigenvalue weighted by atomic mass is 9.96. The number of benzene rings is 1. The van der Waals surface area contributed by atoms with E-state index in [9.17, 15) is 13.2 Å². The molecule has 37 heavy (non-hydrogen) atoms. The number of rotatable bonds is 8. The number of amides is 1. The van der Waals surface area contributed by atoms with Crippen LogP contribution in [0.25, 0.3) is 10.7 Å². The van der Waals surface area contributed by atoms with E-state index in [0.717, 1.165) is 4.88 Å². The van der Waals surface area contributed by atoms with Crippen LogP contribution in [-0.4, -0.2) is 80.2 Å². The molecule has 1 N–H and O–H groups in total. The Bertz CT molecular complexity index is 1310. The molecule has 0 spiro atoms. The van der Waals surface area contributed by atoms with Crippen molar-refractivity contribution in [1.82, 2.24) is 19.3 Å². The zero-order chi connectivity index (χ0) is 25.8. The normalized spacial score (nSPS) is 18.1. The summed E-state index contributed by atoms with van der Waals surface area (Å²) in [7, 11) is -2.36. The van der Waals surface area contributed by atoms with Crippen molar-refractivity contribution in [2.24, 2.45) is 5.92 Å². The van der Waals surface area contributed by atoms with Gasteiger partial charge in [0.05, 0.1) is 31.7 Å². The van der Waals surface area contributed by atoms with Gasteiger partial charge < -0.3 is 19.3 Å². The molecule has 0 radical (unpaired) electrons. The molecule has 5 rings (SSSR count). The van der Waals surface area contributed by atoms with Gasteiger partial charge in [-0.2, -0.15) is 9.29 Å². The largest absolute Gasteiger partial charge is 0.495 e. The van der Waals surface area contributed by atoms with Gasteiger partial charge in [-0.3, -0.25) is 9.69 Å². The van der Waals surface area contributed by atoms with Gasteiger partial charge in [-0.15, -0.1) is 11.3 Å². The minimum absolute atomic E-state index is 0.0333. The number of aromatic nitrogens is 2. The van der Waals surface area contributed by atoms with Crippen LogP contribution in [-0.2, 0) is 26.1 Å². The van der Waals surface area contributed by atoms with Gasteiger partial charge in [-0.25, -0.2) is 8.42 Å². The maximum atomic E-state index is 13.2. The van der Waals surface area contributed by atoms with Crippen molar-refractivity contribution in [3.8, 4) is 16.5 Å². The first-order valence-electron chi connectivity index (χ1n) is 12.1. The summed E-state index contributed by atoms with van der Waals surface area (Å²) in [5, 5.41) is 8.92. The fourth-order valence-corrected chi connectivity index (χ4v) is 6.73. The van der Waals surface area contributed by atoms with Gasteiger partial charge in [0, 0.05) is 24.7 Å². The van der Waals surface area contributed by atoms with Crippen LogP contribution in [0.4, 0.5) is 5.69 Å². The molecular weight excluding hydrogens is 518 g/mol. The average Bonchev–Trinajstić information content (AvgIpc) is 3.62. The highest BCUT2D eigenvalue weighted by atomic mass is 32.2. The predicted octanol–water partition coefficient (Wildman–Crippen LogP) is 2.68. The Hall–Kier alpha value is -2.84. The van der Waals surface area contributed by atoms with Gasteiger partial charge >= 0.3 is 0 Å². The molecule has 11 nitrogen and oxygen atoms in total. The molecule has 13 heteroatoms. The smallest absolute Gasteiger partial charge is 0.246 e. The van der Waals surface area contributed by atoms with E-state index in [1.165, 1.54) is 17.5 Å². The second kappa shape index (κ2) is 11.3. The molecule has 1 aromatic carbocycles. The summed E-state index contributed by atoms with van der Waals surface area (Å²) in [5.41, 5.74) is 0.423. The standard InChI is InChI=1S/C24H29N5O6S2/c1-33-19-5-4-18(15-21(19)37(31,32)29-10-12-34-13-11-29)25-24(30)17-6-8-28(9-7-17)16-22-26-23(27-35-22)20-3-2-14-36-20/h2-5,14-15,17H,6-13,16H2,1H3,(H,25,30). The van der Waals surface area contributed by atoms with Crippen LogP contribution >= 0.6 is 11.3 Å². The van der Waals surface area contributed by atoms with E-state index in [1.54, 1.807) is 23.5 Å². The summed E-state index contributed by atoms with van der Waals surface area (Å²) in [4.78, 5) is 20.7. The molecule has 0 unspecified atom stereocenters. The molecule has 0 atom stereocenters. The van der Waals surface area contributed by atoms with E-state index < -0.39 is 10.0 Å². The molecule has 2 aliphatic heterocycles. The van der Waals surface area contributed by atoms with Gasteiger partial charge in [0.2, 0.25) is 27.6 Å². The fraction of sp³-hybridized carbons (Fsp3) is 0.458. The quantitative estimate of drug-likeness (QED) is 0.453. The lowest BCUT2D eigenvalue weighted by molar-refractivity contribution is -0.121. The summed E-state index contributed by atoms with van der Waals surface area (Å²) in [6.07, 6.45) is 1.35. The zero-order valence-corrected chi connectivity index (χ0v) is 22.1. The Labute approximate surface area is 219 Å². The molecular formula is C24H29N5O6S2. The SMILES string of the molecule is COc1ccc(NC(=O)C2CCN(Cc3nc(-c4cccs4)no3)CC2)cc1S(=O)(=O)N1CCOCC1. The van der Waals surface area contributed by atoms with Crippen molar-refractivity contribution < 1.29 is 27.2 Å². The number of anilines is 1. The molecule has 0 aliphatic carbocycles. The molecule has 2 fully saturated rings. The number of hydrogen-bond donors (Lipinski definition) is 1. The molecule has 1 amide bonds. The predicted molar refractivity (Wildman–Crippen MR) is 137 cm³/mol. The van der Waals surface area contributed by atoms with E-state index in [-0.39, 0.29) is 35.6 Å². The minimum Gasteiger partial charge on any atom is -0.495 e. The Morgan fingerprint density at radius 1 is 1.19 bits per heavy atom. The number of piperidine rings is 1. The van der Waals surface area contributed by atoms with Gasteiger partial charge in [0.25, 0.3) is 0 Å². The maximum absolute atomic E-state index is 13.2. The lowest BCUT2D eigenvalue weighted by Gasteiger charge is -2.30. The number of hydrogen-bond acceptors (Lipinski definition) is 10. The first-order chi connectivity index (χ1) is 17.9. The highest BCUT2D eigenvalue weighted by Crippen LogP contribution is 2.31. The van der Waals surface area contributed by atoms with Crippen molar-refractivity contribution >= 4 is 33.0 Å². The van der Waals surface area contributed by atoms with Crippen molar-refractivity contribution in [2.45, 2.75) is 24.3 Å². The highest BCUT2D eigenvalue weighted by Gasteiger charge is 2.31. The number of likely N-dealkylation sites (tertiary alicyclic amines) is 1. The molecule has 3 aromatic rings. The summed E-state index contributed by atoms with van der Waals surface area (Å²) in [6, 6.07) is 8.59. The number of morpholine rings is 1. The molecule has 4 heterocycles. The average molecular weight is 548 g/mol. The number of nitrogens with zero attached hydrogens (tertiary/aromatic N) is 4. The number of carbonyl (C=O) groups is 1. The third-order valence-electron chi connectivity index (χ3n) is 6.55. The van der Waals surface area contributed by atoms with Crippen molar-refractivity contribution in [1.29, 1.82) is 0 Å². The number of methoxy groups -OCH3 is 1. The van der Waals surface area contributed by atoms with E-state index in [1.807, 2.05) is 17.5 Å². The summed E-state index contributed by atoms with van der Waals surface area (Å²) < 4.78 is 43.8. The monoisotopic (exact) mass is 547 g/mol. The third-order valence-corrected chi connectivity index (χ3v) is 9.33. The minimum atomic E-state index is -3.79. The zero-order valence-electron chi connectivity index (χ0n) is 20.5. The first-order valence-corrected chi connectivity index (χ1v) is 14.4. The number of sulfonamides is 1. The highest BCUT2D eigenvalue weighted by molar-refractivity contribution is 7.89. The Kier molecular flexibility index (Phi) is 7.86. The van der Waals surface area contributed by atoms with Crippen molar-refractivity contribution in [2.75, 3.05) is 51.8 Å². The number of carbonyl (C=O) groups excluding carboxylic acids is 1. The van der Waals surface area contributed by atoms with Gasteiger partial charge in [0.15, 0.2) is 0 Å². The lowest BCUT2D eigenvalue weighted by Crippen LogP contribution is -2.40. The van der Waals surface area contributed by atoms with Gasteiger partial charge in [-0.1, -0.05) is 11.2 Å². The van der Waals surface area contributed by atoms with Crippen LogP contribution in [0, 0.1) is 5.92 Å². The Balaban J connectivity index is 1.18. The molecule has 2 aromatic heterocycles. The summed E-state index contributed by atoms with van der Waals surface area (Å²) in [5.74, 6) is 1.08. The van der Waals surface area contributed by atoms with Crippen LogP contribution in [0.3, 0.4) is 0 Å². The Morgan fingerprint density at radius 3 is 2.68 bits per heavy atom. The molecule has 0 saturated carbocycles. The summed E-state index contributed by atoms with van der Waals surface area (Å²) >= 11 is 1.56. The van der Waals surface area contributed by atoms with E-state index >= 15 is 0 Å². The molecule has 2 saturated heterocycles. The van der Waals surface area contributed by atoms with E-state index in [2.05, 4.69) is 20.4 Å². The Morgan fingerprint density at radius 2 is 1.97 bits per heavy atom. The molecule has 198 valence electrons. The van der Waals surface area contributed by atoms with E-state index in [4.69, 9.17) is 14.0 Å². The van der Waals surface area contributed by atoms with Crippen LogP contribution in [0.2, 0.25) is 0 Å². The van der Waals surface area contributed by atoms with Crippen LogP contribution in [0.5, 0.6) is 5.75 Å². The number of thiophene rings is 1. The van der Waals surface area contributed by atoms with Crippen LogP contribution in [0.15, 0.2) is 45.1 Å². The molecule has 0 bridgehead atoms. The second-order valence-corrected chi connectivity index (χ2v) is 11.8. The van der Waals surface area contributed by atoms with E-state index in [0.29, 0.717) is 63.1 Å². The van der Waals surface area contributed by atoms with Gasteiger partial charge in [0.1, 0.15) is 10.6 Å². The second-order valence-electron chi connectivity index (χ2n) is 8.91. The topological polar surface area (TPSA) is 127 Å². The third kappa shape index (κ3) is 5.85. The summed E-state index contributed by atoms with van der Waals surface area (Å²) in [6.45, 7) is 3.22. The van der Waals surface area contributed by atoms with Crippen LogP contribution in [0.1, 0.15) is 18.7 Å². The number of ether oxygens (including phenoxy) is 2.